The molecule has 0 aliphatic rings. The average molecular weight is 265 g/mol. The summed E-state index contributed by atoms with van der Waals surface area (Å²) in [5.74, 6) is 0.497. The van der Waals surface area contributed by atoms with E-state index in [9.17, 15) is 4.39 Å². The molecular weight excluding hydrogens is 245 g/mol. The molecule has 2 aromatic rings. The maximum Gasteiger partial charge on any atom is 0.141 e. The van der Waals surface area contributed by atoms with E-state index in [1.807, 2.05) is 12.1 Å². The van der Waals surface area contributed by atoms with Crippen LogP contribution in [-0.4, -0.2) is 6.54 Å². The van der Waals surface area contributed by atoms with Crippen molar-refractivity contribution in [1.82, 2.24) is 5.32 Å². The van der Waals surface area contributed by atoms with Crippen molar-refractivity contribution < 1.29 is 4.39 Å². The average Bonchev–Trinajstić information content (AvgIpc) is 2.66. The van der Waals surface area contributed by atoms with E-state index in [1.165, 1.54) is 10.4 Å². The Kier molecular flexibility index (Phi) is 4.36. The largest absolute Gasteiger partial charge is 0.312 e. The van der Waals surface area contributed by atoms with Crippen LogP contribution in [0.25, 0.3) is 10.1 Å². The van der Waals surface area contributed by atoms with E-state index in [0.717, 1.165) is 29.6 Å². The lowest BCUT2D eigenvalue weighted by atomic mass is 10.00. The summed E-state index contributed by atoms with van der Waals surface area (Å²) in [5.41, 5.74) is 1.32. The number of halogens is 1. The molecule has 18 heavy (non-hydrogen) atoms. The highest BCUT2D eigenvalue weighted by Gasteiger charge is 2.15. The van der Waals surface area contributed by atoms with Gasteiger partial charge in [-0.2, -0.15) is 0 Å². The summed E-state index contributed by atoms with van der Waals surface area (Å²) in [5, 5.41) is 4.45. The Morgan fingerprint density at radius 2 is 2.11 bits per heavy atom. The molecule has 0 amide bonds. The summed E-state index contributed by atoms with van der Waals surface area (Å²) in [6.07, 6.45) is 1.02. The van der Waals surface area contributed by atoms with Gasteiger partial charge in [0.25, 0.3) is 0 Å². The van der Waals surface area contributed by atoms with E-state index in [1.54, 1.807) is 17.4 Å². The SMILES string of the molecule is CCNCc1sc2c(F)cccc2c1CC(C)C. The molecule has 0 saturated carbocycles. The molecule has 0 unspecified atom stereocenters. The van der Waals surface area contributed by atoms with Crippen LogP contribution in [0.2, 0.25) is 0 Å². The molecule has 0 atom stereocenters. The summed E-state index contributed by atoms with van der Waals surface area (Å²) in [6.45, 7) is 8.30. The first-order valence-electron chi connectivity index (χ1n) is 6.53. The first kappa shape index (κ1) is 13.5. The van der Waals surface area contributed by atoms with Crippen molar-refractivity contribution in [3.63, 3.8) is 0 Å². The van der Waals surface area contributed by atoms with E-state index < -0.39 is 0 Å². The predicted octanol–water partition coefficient (Wildman–Crippen LogP) is 4.35. The molecule has 1 aromatic carbocycles. The molecule has 1 heterocycles. The van der Waals surface area contributed by atoms with Crippen molar-refractivity contribution in [2.75, 3.05) is 6.54 Å². The predicted molar refractivity (Wildman–Crippen MR) is 77.7 cm³/mol. The van der Waals surface area contributed by atoms with Gasteiger partial charge in [0.2, 0.25) is 0 Å². The zero-order valence-electron chi connectivity index (χ0n) is 11.2. The molecule has 2 rings (SSSR count). The van der Waals surface area contributed by atoms with E-state index in [0.29, 0.717) is 5.92 Å². The van der Waals surface area contributed by atoms with Gasteiger partial charge in [-0.1, -0.05) is 32.9 Å². The minimum Gasteiger partial charge on any atom is -0.312 e. The number of hydrogen-bond donors (Lipinski definition) is 1. The van der Waals surface area contributed by atoms with Gasteiger partial charge >= 0.3 is 0 Å². The molecule has 0 aliphatic carbocycles. The van der Waals surface area contributed by atoms with Gasteiger partial charge in [0.1, 0.15) is 5.82 Å². The van der Waals surface area contributed by atoms with Crippen molar-refractivity contribution in [3.05, 3.63) is 34.5 Å². The second kappa shape index (κ2) is 5.81. The lowest BCUT2D eigenvalue weighted by Gasteiger charge is -2.08. The summed E-state index contributed by atoms with van der Waals surface area (Å²) in [7, 11) is 0. The monoisotopic (exact) mass is 265 g/mol. The molecule has 1 aromatic heterocycles. The molecule has 1 nitrogen and oxygen atoms in total. The highest BCUT2D eigenvalue weighted by molar-refractivity contribution is 7.19. The second-order valence-electron chi connectivity index (χ2n) is 5.00. The third kappa shape index (κ3) is 2.73. The van der Waals surface area contributed by atoms with Gasteiger partial charge in [0.15, 0.2) is 0 Å². The molecule has 0 bridgehead atoms. The number of benzene rings is 1. The molecule has 0 fully saturated rings. The molecular formula is C15H20FNS. The van der Waals surface area contributed by atoms with Gasteiger partial charge in [-0.3, -0.25) is 0 Å². The van der Waals surface area contributed by atoms with Crippen molar-refractivity contribution in [3.8, 4) is 0 Å². The lowest BCUT2D eigenvalue weighted by molar-refractivity contribution is 0.638. The number of hydrogen-bond acceptors (Lipinski definition) is 2. The zero-order chi connectivity index (χ0) is 13.1. The van der Waals surface area contributed by atoms with Crippen LogP contribution < -0.4 is 5.32 Å². The van der Waals surface area contributed by atoms with E-state index in [4.69, 9.17) is 0 Å². The molecule has 0 radical (unpaired) electrons. The van der Waals surface area contributed by atoms with E-state index in [2.05, 4.69) is 26.1 Å². The smallest absolute Gasteiger partial charge is 0.141 e. The summed E-state index contributed by atoms with van der Waals surface area (Å²) in [6, 6.07) is 5.41. The van der Waals surface area contributed by atoms with Crippen molar-refractivity contribution >= 4 is 21.4 Å². The van der Waals surface area contributed by atoms with Crippen LogP contribution >= 0.6 is 11.3 Å². The Bertz CT molecular complexity index is 531. The maximum atomic E-state index is 13.8. The normalized spacial score (nSPS) is 11.6. The molecule has 0 spiro atoms. The van der Waals surface area contributed by atoms with Gasteiger partial charge in [0.05, 0.1) is 4.70 Å². The van der Waals surface area contributed by atoms with Crippen LogP contribution in [0, 0.1) is 11.7 Å². The summed E-state index contributed by atoms with van der Waals surface area (Å²) < 4.78 is 14.6. The minimum atomic E-state index is -0.0924. The fraction of sp³-hybridized carbons (Fsp3) is 0.467. The summed E-state index contributed by atoms with van der Waals surface area (Å²) in [4.78, 5) is 1.28. The minimum absolute atomic E-state index is 0.0924. The Labute approximate surface area is 112 Å². The number of thiophene rings is 1. The van der Waals surface area contributed by atoms with Gasteiger partial charge in [-0.25, -0.2) is 4.39 Å². The van der Waals surface area contributed by atoms with Crippen LogP contribution in [0.3, 0.4) is 0 Å². The number of rotatable bonds is 5. The van der Waals surface area contributed by atoms with Crippen LogP contribution in [0.1, 0.15) is 31.2 Å². The van der Waals surface area contributed by atoms with Crippen molar-refractivity contribution in [1.29, 1.82) is 0 Å². The van der Waals surface area contributed by atoms with Crippen molar-refractivity contribution in [2.24, 2.45) is 5.92 Å². The molecule has 98 valence electrons. The Morgan fingerprint density at radius 1 is 1.33 bits per heavy atom. The standard InChI is InChI=1S/C15H20FNS/c1-4-17-9-14-12(8-10(2)3)11-6-5-7-13(16)15(11)18-14/h5-7,10,17H,4,8-9H2,1-3H3. The third-order valence-corrected chi connectivity index (χ3v) is 4.26. The van der Waals surface area contributed by atoms with Crippen LogP contribution in [0.5, 0.6) is 0 Å². The Morgan fingerprint density at radius 3 is 2.78 bits per heavy atom. The highest BCUT2D eigenvalue weighted by Crippen LogP contribution is 2.34. The number of nitrogens with one attached hydrogen (secondary N) is 1. The van der Waals surface area contributed by atoms with Gasteiger partial charge in [0, 0.05) is 11.4 Å². The first-order chi connectivity index (χ1) is 8.63. The Hall–Kier alpha value is -0.930. The molecule has 0 aliphatic heterocycles. The topological polar surface area (TPSA) is 12.0 Å². The van der Waals surface area contributed by atoms with Gasteiger partial charge < -0.3 is 5.32 Å². The fourth-order valence-corrected chi connectivity index (χ4v) is 3.40. The van der Waals surface area contributed by atoms with Crippen LogP contribution in [-0.2, 0) is 13.0 Å². The first-order valence-corrected chi connectivity index (χ1v) is 7.34. The highest BCUT2D eigenvalue weighted by atomic mass is 32.1. The second-order valence-corrected chi connectivity index (χ2v) is 6.10. The zero-order valence-corrected chi connectivity index (χ0v) is 12.0. The maximum absolute atomic E-state index is 13.8. The third-order valence-electron chi connectivity index (χ3n) is 3.00. The van der Waals surface area contributed by atoms with Crippen molar-refractivity contribution in [2.45, 2.75) is 33.7 Å². The quantitative estimate of drug-likeness (QED) is 0.847. The van der Waals surface area contributed by atoms with Crippen LogP contribution in [0.15, 0.2) is 18.2 Å². The molecule has 3 heteroatoms. The van der Waals surface area contributed by atoms with Gasteiger partial charge in [-0.15, -0.1) is 11.3 Å². The molecule has 1 N–H and O–H groups in total. The number of fused-ring (bicyclic) bond motifs is 1. The van der Waals surface area contributed by atoms with E-state index in [-0.39, 0.29) is 5.82 Å². The lowest BCUT2D eigenvalue weighted by Crippen LogP contribution is -2.12. The summed E-state index contributed by atoms with van der Waals surface area (Å²) >= 11 is 1.59. The fourth-order valence-electron chi connectivity index (χ4n) is 2.20. The van der Waals surface area contributed by atoms with Gasteiger partial charge in [-0.05, 0) is 35.9 Å². The van der Waals surface area contributed by atoms with Crippen LogP contribution in [0.4, 0.5) is 4.39 Å². The van der Waals surface area contributed by atoms with E-state index >= 15 is 0 Å². The Balaban J connectivity index is 2.49. The molecule has 0 saturated heterocycles.